The molecule has 0 aromatic heterocycles. The van der Waals surface area contributed by atoms with Crippen LogP contribution in [0.1, 0.15) is 12.5 Å². The molecule has 1 aromatic carbocycles. The van der Waals surface area contributed by atoms with Crippen LogP contribution in [0.15, 0.2) is 10.5 Å². The van der Waals surface area contributed by atoms with Gasteiger partial charge in [-0.2, -0.15) is 0 Å². The first kappa shape index (κ1) is 12.4. The molecule has 0 saturated heterocycles. The molecule has 0 aliphatic rings. The Morgan fingerprint density at radius 3 is 2.60 bits per heavy atom. The average Bonchev–Trinajstić information content (AvgIpc) is 2.18. The van der Waals surface area contributed by atoms with E-state index >= 15 is 0 Å². The van der Waals surface area contributed by atoms with Gasteiger partial charge in [0.05, 0.1) is 17.7 Å². The van der Waals surface area contributed by atoms with Crippen LogP contribution in [-0.2, 0) is 6.42 Å². The first-order valence-corrected chi connectivity index (χ1v) is 5.15. The summed E-state index contributed by atoms with van der Waals surface area (Å²) in [4.78, 5) is 0. The Kier molecular flexibility index (Phi) is 4.04. The van der Waals surface area contributed by atoms with Gasteiger partial charge in [0, 0.05) is 18.1 Å². The van der Waals surface area contributed by atoms with Gasteiger partial charge in [0.1, 0.15) is 17.4 Å². The maximum atomic E-state index is 13.6. The van der Waals surface area contributed by atoms with E-state index in [1.165, 1.54) is 14.0 Å². The quantitative estimate of drug-likeness (QED) is 0.863. The van der Waals surface area contributed by atoms with Crippen molar-refractivity contribution in [1.29, 1.82) is 0 Å². The minimum absolute atomic E-state index is 0.0692. The lowest BCUT2D eigenvalue weighted by Gasteiger charge is -2.11. The Bertz CT molecular complexity index is 367. The average molecular weight is 281 g/mol. The van der Waals surface area contributed by atoms with Gasteiger partial charge in [-0.1, -0.05) is 0 Å². The molecule has 0 aliphatic carbocycles. The second kappa shape index (κ2) is 4.90. The second-order valence-electron chi connectivity index (χ2n) is 3.22. The van der Waals surface area contributed by atoms with E-state index in [4.69, 9.17) is 9.84 Å². The fraction of sp³-hybridized carbons (Fsp3) is 0.400. The Morgan fingerprint density at radius 2 is 2.13 bits per heavy atom. The van der Waals surface area contributed by atoms with Crippen LogP contribution in [0.2, 0.25) is 0 Å². The lowest BCUT2D eigenvalue weighted by atomic mass is 10.1. The van der Waals surface area contributed by atoms with Crippen LogP contribution in [0.25, 0.3) is 0 Å². The predicted octanol–water partition coefficient (Wildman–Crippen LogP) is 2.66. The van der Waals surface area contributed by atoms with Gasteiger partial charge in [0.25, 0.3) is 0 Å². The number of methoxy groups -OCH3 is 1. The lowest BCUT2D eigenvalue weighted by molar-refractivity contribution is 0.192. The minimum Gasteiger partial charge on any atom is -0.495 e. The van der Waals surface area contributed by atoms with E-state index in [2.05, 4.69) is 15.9 Å². The molecule has 0 radical (unpaired) electrons. The van der Waals surface area contributed by atoms with Gasteiger partial charge in [-0.05, 0) is 22.9 Å². The van der Waals surface area contributed by atoms with Crippen LogP contribution in [0.4, 0.5) is 8.78 Å². The van der Waals surface area contributed by atoms with Gasteiger partial charge in [0.2, 0.25) is 0 Å². The fourth-order valence-electron chi connectivity index (χ4n) is 1.24. The van der Waals surface area contributed by atoms with Crippen molar-refractivity contribution in [2.75, 3.05) is 7.11 Å². The zero-order chi connectivity index (χ0) is 11.6. The van der Waals surface area contributed by atoms with Gasteiger partial charge in [-0.15, -0.1) is 0 Å². The molecule has 1 atom stereocenters. The molecule has 0 amide bonds. The molecule has 0 aliphatic heterocycles. The van der Waals surface area contributed by atoms with E-state index in [9.17, 15) is 8.78 Å². The molecule has 1 unspecified atom stereocenters. The fourth-order valence-corrected chi connectivity index (χ4v) is 1.76. The van der Waals surface area contributed by atoms with Crippen LogP contribution in [0.3, 0.4) is 0 Å². The van der Waals surface area contributed by atoms with Gasteiger partial charge < -0.3 is 9.84 Å². The third kappa shape index (κ3) is 2.66. The number of hydrogen-bond donors (Lipinski definition) is 1. The van der Waals surface area contributed by atoms with Crippen molar-refractivity contribution in [2.45, 2.75) is 19.4 Å². The monoisotopic (exact) mass is 280 g/mol. The van der Waals surface area contributed by atoms with Crippen molar-refractivity contribution in [3.63, 3.8) is 0 Å². The lowest BCUT2D eigenvalue weighted by Crippen LogP contribution is -2.09. The molecule has 1 rings (SSSR count). The molecular weight excluding hydrogens is 270 g/mol. The molecule has 0 spiro atoms. The maximum absolute atomic E-state index is 13.6. The molecule has 1 N–H and O–H groups in total. The zero-order valence-electron chi connectivity index (χ0n) is 8.35. The summed E-state index contributed by atoms with van der Waals surface area (Å²) in [5.41, 5.74) is -0.141. The molecule has 2 nitrogen and oxygen atoms in total. The van der Waals surface area contributed by atoms with Crippen LogP contribution in [-0.4, -0.2) is 18.3 Å². The molecule has 0 fully saturated rings. The Hall–Kier alpha value is -0.680. The number of aliphatic hydroxyl groups excluding tert-OH is 1. The van der Waals surface area contributed by atoms with Crippen LogP contribution in [0.5, 0.6) is 5.75 Å². The largest absolute Gasteiger partial charge is 0.495 e. The normalized spacial score (nSPS) is 12.7. The topological polar surface area (TPSA) is 29.5 Å². The third-order valence-corrected chi connectivity index (χ3v) is 2.68. The Labute approximate surface area is 95.0 Å². The highest BCUT2D eigenvalue weighted by molar-refractivity contribution is 9.10. The maximum Gasteiger partial charge on any atom is 0.147 e. The summed E-state index contributed by atoms with van der Waals surface area (Å²) < 4.78 is 31.8. The number of rotatable bonds is 3. The predicted molar refractivity (Wildman–Crippen MR) is 56.0 cm³/mol. The molecule has 1 aromatic rings. The van der Waals surface area contributed by atoms with Gasteiger partial charge in [-0.25, -0.2) is 8.78 Å². The highest BCUT2D eigenvalue weighted by Gasteiger charge is 2.18. The van der Waals surface area contributed by atoms with E-state index in [1.807, 2.05) is 0 Å². The molecular formula is C10H11BrF2O2. The smallest absolute Gasteiger partial charge is 0.147 e. The molecule has 84 valence electrons. The van der Waals surface area contributed by atoms with Crippen molar-refractivity contribution < 1.29 is 18.6 Å². The third-order valence-electron chi connectivity index (χ3n) is 1.94. The number of benzene rings is 1. The Balaban J connectivity index is 3.23. The first-order valence-electron chi connectivity index (χ1n) is 4.35. The molecule has 0 heterocycles. The summed E-state index contributed by atoms with van der Waals surface area (Å²) in [6.07, 6.45) is -0.866. The molecule has 15 heavy (non-hydrogen) atoms. The SMILES string of the molecule is COc1cc(F)c(CC(C)O)c(F)c1Br. The highest BCUT2D eigenvalue weighted by Crippen LogP contribution is 2.32. The highest BCUT2D eigenvalue weighted by atomic mass is 79.9. The number of aliphatic hydroxyl groups is 1. The van der Waals surface area contributed by atoms with E-state index in [-0.39, 0.29) is 22.2 Å². The molecule has 0 bridgehead atoms. The first-order chi connectivity index (χ1) is 6.97. The van der Waals surface area contributed by atoms with Crippen LogP contribution >= 0.6 is 15.9 Å². The van der Waals surface area contributed by atoms with Crippen molar-refractivity contribution in [2.24, 2.45) is 0 Å². The summed E-state index contributed by atoms with van der Waals surface area (Å²) >= 11 is 2.97. The molecule has 5 heteroatoms. The van der Waals surface area contributed by atoms with Crippen molar-refractivity contribution >= 4 is 15.9 Å². The van der Waals surface area contributed by atoms with Crippen LogP contribution in [0, 0.1) is 11.6 Å². The van der Waals surface area contributed by atoms with E-state index in [1.54, 1.807) is 0 Å². The minimum atomic E-state index is -0.797. The van der Waals surface area contributed by atoms with Gasteiger partial charge in [-0.3, -0.25) is 0 Å². The van der Waals surface area contributed by atoms with Gasteiger partial charge in [0.15, 0.2) is 0 Å². The van der Waals surface area contributed by atoms with E-state index in [0.717, 1.165) is 6.07 Å². The summed E-state index contributed by atoms with van der Waals surface area (Å²) in [6, 6.07) is 1.09. The second-order valence-corrected chi connectivity index (χ2v) is 4.01. The summed E-state index contributed by atoms with van der Waals surface area (Å²) in [6.45, 7) is 1.47. The Morgan fingerprint density at radius 1 is 1.53 bits per heavy atom. The standard InChI is InChI=1S/C10H11BrF2O2/c1-5(14)3-6-7(12)4-8(15-2)9(11)10(6)13/h4-5,14H,3H2,1-2H3. The van der Waals surface area contributed by atoms with Gasteiger partial charge >= 0.3 is 0 Å². The summed E-state index contributed by atoms with van der Waals surface area (Å²) in [7, 11) is 1.33. The van der Waals surface area contributed by atoms with Crippen molar-refractivity contribution in [3.8, 4) is 5.75 Å². The van der Waals surface area contributed by atoms with E-state index < -0.39 is 17.7 Å². The van der Waals surface area contributed by atoms with Crippen LogP contribution < -0.4 is 4.74 Å². The summed E-state index contributed by atoms with van der Waals surface area (Å²) in [5.74, 6) is -1.35. The zero-order valence-corrected chi connectivity index (χ0v) is 9.94. The van der Waals surface area contributed by atoms with Crippen molar-refractivity contribution in [3.05, 3.63) is 27.7 Å². The number of ether oxygens (including phenoxy) is 1. The van der Waals surface area contributed by atoms with Crippen molar-refractivity contribution in [1.82, 2.24) is 0 Å². The number of hydrogen-bond acceptors (Lipinski definition) is 2. The van der Waals surface area contributed by atoms with E-state index in [0.29, 0.717) is 0 Å². The molecule has 0 saturated carbocycles. The summed E-state index contributed by atoms with van der Waals surface area (Å²) in [5, 5.41) is 9.09. The number of halogens is 3.